The van der Waals surface area contributed by atoms with Gasteiger partial charge in [0.2, 0.25) is 0 Å². The maximum absolute atomic E-state index is 6.06. The Hall–Kier alpha value is -1.03. The van der Waals surface area contributed by atoms with Crippen molar-refractivity contribution >= 4 is 22.9 Å². The van der Waals surface area contributed by atoms with E-state index in [0.29, 0.717) is 5.02 Å². The van der Waals surface area contributed by atoms with Crippen LogP contribution in [0.5, 0.6) is 5.75 Å². The van der Waals surface area contributed by atoms with E-state index < -0.39 is 0 Å². The first-order valence-electron chi connectivity index (χ1n) is 6.78. The topological polar surface area (TPSA) is 21.3 Å². The van der Waals surface area contributed by atoms with Gasteiger partial charge in [-0.2, -0.15) is 0 Å². The molecule has 1 aromatic heterocycles. The molecule has 1 atom stereocenters. The van der Waals surface area contributed by atoms with Crippen LogP contribution in [0.4, 0.5) is 0 Å². The molecule has 0 fully saturated rings. The number of hydrogen-bond acceptors (Lipinski definition) is 3. The largest absolute Gasteiger partial charge is 0.496 e. The minimum Gasteiger partial charge on any atom is -0.496 e. The summed E-state index contributed by atoms with van der Waals surface area (Å²) in [5.74, 6) is 0.832. The van der Waals surface area contributed by atoms with Gasteiger partial charge < -0.3 is 10.1 Å². The average Bonchev–Trinajstić information content (AvgIpc) is 2.86. The average molecular weight is 310 g/mol. The van der Waals surface area contributed by atoms with E-state index in [1.807, 2.05) is 18.2 Å². The summed E-state index contributed by atoms with van der Waals surface area (Å²) in [6.45, 7) is 5.28. The first-order valence-corrected chi connectivity index (χ1v) is 8.04. The summed E-state index contributed by atoms with van der Waals surface area (Å²) in [7, 11) is 1.69. The van der Waals surface area contributed by atoms with E-state index >= 15 is 0 Å². The van der Waals surface area contributed by atoms with Crippen molar-refractivity contribution in [1.29, 1.82) is 0 Å². The van der Waals surface area contributed by atoms with Crippen LogP contribution in [0.25, 0.3) is 0 Å². The van der Waals surface area contributed by atoms with Crippen molar-refractivity contribution in [2.24, 2.45) is 0 Å². The number of rotatable bonds is 6. The van der Waals surface area contributed by atoms with Crippen molar-refractivity contribution in [1.82, 2.24) is 5.32 Å². The highest BCUT2D eigenvalue weighted by Gasteiger charge is 2.20. The van der Waals surface area contributed by atoms with Crippen molar-refractivity contribution in [3.05, 3.63) is 50.7 Å². The Bertz CT molecular complexity index is 567. The number of nitrogens with one attached hydrogen (secondary N) is 1. The third kappa shape index (κ3) is 3.35. The van der Waals surface area contributed by atoms with Gasteiger partial charge in [0, 0.05) is 15.5 Å². The Labute approximate surface area is 129 Å². The zero-order valence-electron chi connectivity index (χ0n) is 12.1. The lowest BCUT2D eigenvalue weighted by Crippen LogP contribution is -2.23. The molecule has 2 rings (SSSR count). The molecule has 4 heteroatoms. The summed E-state index contributed by atoms with van der Waals surface area (Å²) in [5.41, 5.74) is 2.44. The van der Waals surface area contributed by atoms with E-state index in [-0.39, 0.29) is 6.04 Å². The number of hydrogen-bond donors (Lipinski definition) is 1. The van der Waals surface area contributed by atoms with Crippen molar-refractivity contribution in [3.63, 3.8) is 0 Å². The molecule has 0 aliphatic rings. The van der Waals surface area contributed by atoms with Crippen molar-refractivity contribution in [2.45, 2.75) is 26.3 Å². The molecule has 0 aliphatic carbocycles. The van der Waals surface area contributed by atoms with Crippen LogP contribution in [0.2, 0.25) is 5.02 Å². The van der Waals surface area contributed by atoms with E-state index in [4.69, 9.17) is 16.3 Å². The zero-order chi connectivity index (χ0) is 14.5. The Balaban J connectivity index is 2.43. The maximum Gasteiger partial charge on any atom is 0.125 e. The molecule has 0 aliphatic heterocycles. The van der Waals surface area contributed by atoms with Crippen LogP contribution in [-0.4, -0.2) is 13.7 Å². The first-order chi connectivity index (χ1) is 9.67. The van der Waals surface area contributed by atoms with Crippen molar-refractivity contribution < 1.29 is 4.74 Å². The molecule has 108 valence electrons. The molecule has 0 saturated heterocycles. The van der Waals surface area contributed by atoms with E-state index in [1.54, 1.807) is 18.4 Å². The predicted molar refractivity (Wildman–Crippen MR) is 87.2 cm³/mol. The highest BCUT2D eigenvalue weighted by molar-refractivity contribution is 7.10. The number of halogens is 1. The summed E-state index contributed by atoms with van der Waals surface area (Å²) < 4.78 is 5.51. The monoisotopic (exact) mass is 309 g/mol. The number of ether oxygens (including phenoxy) is 1. The van der Waals surface area contributed by atoms with Crippen LogP contribution in [0.1, 0.15) is 35.4 Å². The van der Waals surface area contributed by atoms with Gasteiger partial charge in [-0.05, 0) is 49.0 Å². The van der Waals surface area contributed by atoms with Crippen LogP contribution in [0, 0.1) is 6.92 Å². The predicted octanol–water partition coefficient (Wildman–Crippen LogP) is 4.81. The molecule has 0 amide bonds. The lowest BCUT2D eigenvalue weighted by atomic mass is 10.0. The molecule has 0 spiro atoms. The van der Waals surface area contributed by atoms with Crippen molar-refractivity contribution in [2.75, 3.05) is 13.7 Å². The Morgan fingerprint density at radius 1 is 1.35 bits per heavy atom. The smallest absolute Gasteiger partial charge is 0.125 e. The van der Waals surface area contributed by atoms with Gasteiger partial charge in [-0.1, -0.05) is 24.6 Å². The van der Waals surface area contributed by atoms with Gasteiger partial charge in [-0.25, -0.2) is 0 Å². The minimum atomic E-state index is 0.155. The first kappa shape index (κ1) is 15.4. The van der Waals surface area contributed by atoms with E-state index in [2.05, 4.69) is 30.6 Å². The summed E-state index contributed by atoms with van der Waals surface area (Å²) in [5, 5.41) is 6.44. The molecule has 20 heavy (non-hydrogen) atoms. The molecule has 2 nitrogen and oxygen atoms in total. The summed E-state index contributed by atoms with van der Waals surface area (Å²) in [4.78, 5) is 1.33. The van der Waals surface area contributed by atoms with Gasteiger partial charge in [0.25, 0.3) is 0 Å². The molecular formula is C16H20ClNOS. The fourth-order valence-electron chi connectivity index (χ4n) is 2.24. The fourth-order valence-corrected chi connectivity index (χ4v) is 3.42. The quantitative estimate of drug-likeness (QED) is 0.827. The zero-order valence-corrected chi connectivity index (χ0v) is 13.6. The van der Waals surface area contributed by atoms with Gasteiger partial charge >= 0.3 is 0 Å². The fraction of sp³-hybridized carbons (Fsp3) is 0.375. The van der Waals surface area contributed by atoms with Crippen LogP contribution in [-0.2, 0) is 0 Å². The molecule has 1 unspecified atom stereocenters. The van der Waals surface area contributed by atoms with Crippen LogP contribution < -0.4 is 10.1 Å². The van der Waals surface area contributed by atoms with Crippen LogP contribution in [0.3, 0.4) is 0 Å². The summed E-state index contributed by atoms with van der Waals surface area (Å²) in [6.07, 6.45) is 1.09. The van der Waals surface area contributed by atoms with Gasteiger partial charge in [0.15, 0.2) is 0 Å². The van der Waals surface area contributed by atoms with Gasteiger partial charge in [0.05, 0.1) is 13.2 Å². The highest BCUT2D eigenvalue weighted by atomic mass is 35.5. The number of methoxy groups -OCH3 is 1. The SMILES string of the molecule is CCCNC(c1ccc(Cl)cc1OC)c1sccc1C. The van der Waals surface area contributed by atoms with Crippen molar-refractivity contribution in [3.8, 4) is 5.75 Å². The van der Waals surface area contributed by atoms with Crippen LogP contribution in [0.15, 0.2) is 29.6 Å². The highest BCUT2D eigenvalue weighted by Crippen LogP contribution is 2.35. The second-order valence-corrected chi connectivity index (χ2v) is 6.13. The van der Waals surface area contributed by atoms with Gasteiger partial charge in [0.1, 0.15) is 5.75 Å². The Morgan fingerprint density at radius 2 is 2.15 bits per heavy atom. The molecule has 1 aromatic carbocycles. The summed E-state index contributed by atoms with van der Waals surface area (Å²) >= 11 is 7.84. The van der Waals surface area contributed by atoms with E-state index in [1.165, 1.54) is 10.4 Å². The molecule has 0 saturated carbocycles. The third-order valence-electron chi connectivity index (χ3n) is 3.27. The lowest BCUT2D eigenvalue weighted by Gasteiger charge is -2.21. The molecule has 1 heterocycles. The molecule has 1 N–H and O–H groups in total. The van der Waals surface area contributed by atoms with Gasteiger partial charge in [-0.3, -0.25) is 0 Å². The van der Waals surface area contributed by atoms with Crippen LogP contribution >= 0.6 is 22.9 Å². The van der Waals surface area contributed by atoms with E-state index in [9.17, 15) is 0 Å². The Kier molecular flexibility index (Phi) is 5.46. The minimum absolute atomic E-state index is 0.155. The third-order valence-corrected chi connectivity index (χ3v) is 4.59. The normalized spacial score (nSPS) is 12.4. The summed E-state index contributed by atoms with van der Waals surface area (Å²) in [6, 6.07) is 8.15. The molecule has 2 aromatic rings. The number of aryl methyl sites for hydroxylation is 1. The standard InChI is InChI=1S/C16H20ClNOS/c1-4-8-18-15(16-11(2)7-9-20-16)13-6-5-12(17)10-14(13)19-3/h5-7,9-10,15,18H,4,8H2,1-3H3. The second-order valence-electron chi connectivity index (χ2n) is 4.74. The Morgan fingerprint density at radius 3 is 2.75 bits per heavy atom. The number of benzene rings is 1. The molecular weight excluding hydrogens is 290 g/mol. The number of thiophene rings is 1. The molecule has 0 bridgehead atoms. The maximum atomic E-state index is 6.06. The second kappa shape index (κ2) is 7.11. The van der Waals surface area contributed by atoms with E-state index in [0.717, 1.165) is 24.3 Å². The lowest BCUT2D eigenvalue weighted by molar-refractivity contribution is 0.404. The van der Waals surface area contributed by atoms with Gasteiger partial charge in [-0.15, -0.1) is 11.3 Å². The molecule has 0 radical (unpaired) electrons.